The van der Waals surface area contributed by atoms with Gasteiger partial charge < -0.3 is 25.0 Å². The Bertz CT molecular complexity index is 1780. The number of ether oxygens (including phenoxy) is 1. The van der Waals surface area contributed by atoms with Gasteiger partial charge in [-0.15, -0.1) is 6.42 Å². The Kier molecular flexibility index (Phi) is 7.30. The first-order chi connectivity index (χ1) is 21.3. The second-order valence-electron chi connectivity index (χ2n) is 13.2. The van der Waals surface area contributed by atoms with Crippen molar-refractivity contribution in [3.05, 3.63) is 47.4 Å². The van der Waals surface area contributed by atoms with Crippen LogP contribution >= 0.6 is 0 Å². The molecule has 2 saturated heterocycles. The molecule has 9 heteroatoms. The number of terminal acetylenes is 1. The van der Waals surface area contributed by atoms with Gasteiger partial charge in [0.1, 0.15) is 22.6 Å². The van der Waals surface area contributed by atoms with Crippen LogP contribution < -0.4 is 15.0 Å². The summed E-state index contributed by atoms with van der Waals surface area (Å²) in [5.41, 5.74) is 4.10. The molecule has 3 fully saturated rings. The highest BCUT2D eigenvalue weighted by molar-refractivity contribution is 6.04. The van der Waals surface area contributed by atoms with E-state index in [1.54, 1.807) is 18.2 Å². The van der Waals surface area contributed by atoms with Crippen molar-refractivity contribution in [2.24, 2.45) is 5.41 Å². The molecule has 2 aromatic carbocycles. The van der Waals surface area contributed by atoms with Gasteiger partial charge in [0.15, 0.2) is 5.82 Å². The monoisotopic (exact) mass is 594 g/mol. The van der Waals surface area contributed by atoms with Crippen molar-refractivity contribution in [1.82, 2.24) is 25.2 Å². The Morgan fingerprint density at radius 1 is 1.14 bits per heavy atom. The third-order valence-electron chi connectivity index (χ3n) is 9.40. The highest BCUT2D eigenvalue weighted by Gasteiger charge is 2.44. The van der Waals surface area contributed by atoms with E-state index in [0.29, 0.717) is 47.5 Å². The van der Waals surface area contributed by atoms with Gasteiger partial charge in [0.25, 0.3) is 0 Å². The Morgan fingerprint density at radius 3 is 2.59 bits per heavy atom. The molecule has 44 heavy (non-hydrogen) atoms. The lowest BCUT2D eigenvalue weighted by Crippen LogP contribution is -2.51. The number of fused-ring (bicyclic) bond motifs is 4. The molecule has 2 unspecified atom stereocenters. The number of aromatic hydroxyl groups is 1. The van der Waals surface area contributed by atoms with Gasteiger partial charge in [-0.3, -0.25) is 4.98 Å². The molecule has 228 valence electrons. The largest absolute Gasteiger partial charge is 0.508 e. The number of benzene rings is 2. The normalized spacial score (nSPS) is 20.4. The van der Waals surface area contributed by atoms with Crippen LogP contribution in [0.3, 0.4) is 0 Å². The standard InChI is InChI=1S/C35H39FN6O2/c1-5-7-26-28(27-15-24(43)14-21-8-11-29(36)25(6-2)30(21)27)16-37-32-31(26)39-34(44-20-35(12-13-35)19-41(3)4)40-33(32)42-17-22-9-10-23(18-42)38-22/h2,8,11,14-16,22-23,38,43H,5,7,9-10,12-13,17-20H2,1,3-4H3. The number of phenolic OH excluding ortho intramolecular Hbond substituents is 1. The Hall–Kier alpha value is -4.00. The average Bonchev–Trinajstić information content (AvgIpc) is 3.68. The molecule has 2 aliphatic heterocycles. The van der Waals surface area contributed by atoms with E-state index in [2.05, 4.69) is 42.1 Å². The summed E-state index contributed by atoms with van der Waals surface area (Å²) >= 11 is 0. The van der Waals surface area contributed by atoms with E-state index < -0.39 is 5.82 Å². The van der Waals surface area contributed by atoms with Crippen LogP contribution in [-0.4, -0.2) is 77.4 Å². The highest BCUT2D eigenvalue weighted by atomic mass is 19.1. The lowest BCUT2D eigenvalue weighted by atomic mass is 9.90. The predicted molar refractivity (Wildman–Crippen MR) is 172 cm³/mol. The van der Waals surface area contributed by atoms with E-state index in [-0.39, 0.29) is 16.7 Å². The maximum Gasteiger partial charge on any atom is 0.319 e. The van der Waals surface area contributed by atoms with Crippen molar-refractivity contribution in [2.45, 2.75) is 57.5 Å². The molecule has 8 nitrogen and oxygen atoms in total. The summed E-state index contributed by atoms with van der Waals surface area (Å²) in [5, 5.41) is 15.7. The molecule has 4 heterocycles. The van der Waals surface area contributed by atoms with Crippen LogP contribution in [0.15, 0.2) is 30.5 Å². The van der Waals surface area contributed by atoms with E-state index in [4.69, 9.17) is 26.1 Å². The number of piperazine rings is 1. The Morgan fingerprint density at radius 2 is 1.91 bits per heavy atom. The first-order valence-corrected chi connectivity index (χ1v) is 15.7. The summed E-state index contributed by atoms with van der Waals surface area (Å²) in [4.78, 5) is 19.6. The number of hydrogen-bond donors (Lipinski definition) is 2. The number of nitrogens with one attached hydrogen (secondary N) is 1. The van der Waals surface area contributed by atoms with Gasteiger partial charge in [-0.05, 0) is 80.9 Å². The molecule has 2 N–H and O–H groups in total. The number of halogens is 1. The number of hydrogen-bond acceptors (Lipinski definition) is 8. The average molecular weight is 595 g/mol. The molecule has 1 saturated carbocycles. The van der Waals surface area contributed by atoms with Crippen molar-refractivity contribution < 1.29 is 14.2 Å². The molecule has 2 atom stereocenters. The minimum absolute atomic E-state index is 0.0731. The minimum atomic E-state index is -0.474. The van der Waals surface area contributed by atoms with Gasteiger partial charge in [-0.1, -0.05) is 25.3 Å². The third kappa shape index (κ3) is 5.20. The summed E-state index contributed by atoms with van der Waals surface area (Å²) in [6.07, 6.45) is 13.7. The molecule has 2 bridgehead atoms. The van der Waals surface area contributed by atoms with Crippen molar-refractivity contribution in [2.75, 3.05) is 45.2 Å². The number of rotatable bonds is 9. The molecule has 0 amide bonds. The summed E-state index contributed by atoms with van der Waals surface area (Å²) < 4.78 is 21.4. The molecule has 0 spiro atoms. The van der Waals surface area contributed by atoms with Gasteiger partial charge in [0.2, 0.25) is 0 Å². The van der Waals surface area contributed by atoms with E-state index >= 15 is 0 Å². The number of aromatic nitrogens is 3. The van der Waals surface area contributed by atoms with Crippen molar-refractivity contribution in [3.8, 4) is 35.2 Å². The van der Waals surface area contributed by atoms with Crippen molar-refractivity contribution in [1.29, 1.82) is 0 Å². The van der Waals surface area contributed by atoms with E-state index in [9.17, 15) is 9.50 Å². The lowest BCUT2D eigenvalue weighted by molar-refractivity contribution is 0.183. The van der Waals surface area contributed by atoms with Crippen molar-refractivity contribution in [3.63, 3.8) is 0 Å². The zero-order valence-electron chi connectivity index (χ0n) is 25.7. The van der Waals surface area contributed by atoms with Gasteiger partial charge in [-0.2, -0.15) is 9.97 Å². The number of anilines is 1. The Balaban J connectivity index is 1.42. The maximum atomic E-state index is 15.0. The predicted octanol–water partition coefficient (Wildman–Crippen LogP) is 5.28. The van der Waals surface area contributed by atoms with Gasteiger partial charge in [0, 0.05) is 54.3 Å². The fourth-order valence-corrected chi connectivity index (χ4v) is 7.27. The van der Waals surface area contributed by atoms with Crippen molar-refractivity contribution >= 4 is 27.6 Å². The fourth-order valence-electron chi connectivity index (χ4n) is 7.27. The van der Waals surface area contributed by atoms with E-state index in [1.807, 2.05) is 6.20 Å². The molecular weight excluding hydrogens is 555 g/mol. The zero-order valence-corrected chi connectivity index (χ0v) is 25.7. The molecule has 3 aliphatic rings. The first-order valence-electron chi connectivity index (χ1n) is 15.7. The molecule has 2 aromatic heterocycles. The van der Waals surface area contributed by atoms with E-state index in [0.717, 1.165) is 79.7 Å². The Labute approximate surface area is 257 Å². The lowest BCUT2D eigenvalue weighted by Gasteiger charge is -2.34. The van der Waals surface area contributed by atoms with Crippen LogP contribution in [0.1, 0.15) is 50.2 Å². The second kappa shape index (κ2) is 11.2. The van der Waals surface area contributed by atoms with E-state index in [1.165, 1.54) is 6.07 Å². The number of nitrogens with zero attached hydrogens (tertiary/aromatic N) is 5. The van der Waals surface area contributed by atoms with Gasteiger partial charge >= 0.3 is 6.01 Å². The molecule has 1 aliphatic carbocycles. The third-order valence-corrected chi connectivity index (χ3v) is 9.40. The molecule has 0 radical (unpaired) electrons. The fraction of sp³-hybridized carbons (Fsp3) is 0.457. The second-order valence-corrected chi connectivity index (χ2v) is 13.2. The summed E-state index contributed by atoms with van der Waals surface area (Å²) in [7, 11) is 4.19. The van der Waals surface area contributed by atoms with Crippen LogP contribution in [0, 0.1) is 23.6 Å². The maximum absolute atomic E-state index is 15.0. The van der Waals surface area contributed by atoms with Crippen LogP contribution in [-0.2, 0) is 6.42 Å². The highest BCUT2D eigenvalue weighted by Crippen LogP contribution is 2.46. The summed E-state index contributed by atoms with van der Waals surface area (Å²) in [6.45, 7) is 5.33. The number of phenols is 1. The number of pyridine rings is 1. The van der Waals surface area contributed by atoms with Crippen LogP contribution in [0.4, 0.5) is 10.2 Å². The molecular formula is C35H39FN6O2. The number of aryl methyl sites for hydroxylation is 1. The zero-order chi connectivity index (χ0) is 30.6. The minimum Gasteiger partial charge on any atom is -0.508 e. The summed E-state index contributed by atoms with van der Waals surface area (Å²) in [6, 6.07) is 7.45. The van der Waals surface area contributed by atoms with Gasteiger partial charge in [0.05, 0.1) is 12.2 Å². The smallest absolute Gasteiger partial charge is 0.319 e. The van der Waals surface area contributed by atoms with Crippen LogP contribution in [0.25, 0.3) is 32.9 Å². The SMILES string of the molecule is C#Cc1c(F)ccc2cc(O)cc(-c3cnc4c(N5CC6CCC(C5)N6)nc(OCC5(CN(C)C)CC5)nc4c3CCC)c12. The quantitative estimate of drug-likeness (QED) is 0.253. The van der Waals surface area contributed by atoms with Gasteiger partial charge in [-0.25, -0.2) is 4.39 Å². The topological polar surface area (TPSA) is 86.6 Å². The first kappa shape index (κ1) is 28.8. The van der Waals surface area contributed by atoms with Crippen LogP contribution in [0.5, 0.6) is 11.8 Å². The molecule has 7 rings (SSSR count). The molecule has 4 aromatic rings. The summed E-state index contributed by atoms with van der Waals surface area (Å²) in [5.74, 6) is 2.93. The van der Waals surface area contributed by atoms with Crippen LogP contribution in [0.2, 0.25) is 0 Å².